The van der Waals surface area contributed by atoms with E-state index in [1.807, 2.05) is 0 Å². The van der Waals surface area contributed by atoms with Crippen molar-refractivity contribution < 1.29 is 9.59 Å². The number of ketones is 1. The Kier molecular flexibility index (Phi) is 4.14. The number of halogens is 3. The molecule has 0 aliphatic heterocycles. The third-order valence-corrected chi connectivity index (χ3v) is 4.01. The number of rotatable bonds is 3. The Balaban J connectivity index is 2.50. The molecule has 0 saturated carbocycles. The maximum atomic E-state index is 12.5. The van der Waals surface area contributed by atoms with Crippen LogP contribution in [0.1, 0.15) is 10.4 Å². The molecule has 0 aromatic heterocycles. The van der Waals surface area contributed by atoms with Gasteiger partial charge in [-0.15, -0.1) is 11.6 Å². The molecule has 0 amide bonds. The van der Waals surface area contributed by atoms with Crippen molar-refractivity contribution in [3.63, 3.8) is 0 Å². The summed E-state index contributed by atoms with van der Waals surface area (Å²) >= 11 is 18.2. The van der Waals surface area contributed by atoms with Crippen molar-refractivity contribution in [3.8, 4) is 0 Å². The number of aldehydes is 1. The van der Waals surface area contributed by atoms with E-state index in [0.717, 1.165) is 0 Å². The normalized spacial score (nSPS) is 25.8. The molecule has 0 bridgehead atoms. The lowest BCUT2D eigenvalue weighted by Gasteiger charge is -2.28. The van der Waals surface area contributed by atoms with Gasteiger partial charge in [0.2, 0.25) is 0 Å². The fraction of sp³-hybridized carbons (Fsp3) is 0.143. The quantitative estimate of drug-likeness (QED) is 0.480. The molecule has 0 heterocycles. The molecular weight excluding hydrogens is 307 g/mol. The third kappa shape index (κ3) is 2.62. The lowest BCUT2D eigenvalue weighted by Crippen LogP contribution is -2.40. The van der Waals surface area contributed by atoms with Crippen molar-refractivity contribution in [1.29, 1.82) is 0 Å². The zero-order valence-electron chi connectivity index (χ0n) is 9.65. The first-order valence-corrected chi connectivity index (χ1v) is 6.62. The summed E-state index contributed by atoms with van der Waals surface area (Å²) < 4.78 is 0. The van der Waals surface area contributed by atoms with Crippen LogP contribution in [0.25, 0.3) is 0 Å². The van der Waals surface area contributed by atoms with Crippen LogP contribution in [0.15, 0.2) is 47.5 Å². The molecule has 1 aliphatic rings. The topological polar surface area (TPSA) is 34.1 Å². The van der Waals surface area contributed by atoms with Crippen LogP contribution >= 0.6 is 34.8 Å². The van der Waals surface area contributed by atoms with E-state index in [2.05, 4.69) is 0 Å². The zero-order chi connectivity index (χ0) is 14.0. The highest BCUT2D eigenvalue weighted by molar-refractivity contribution is 6.44. The molecule has 0 radical (unpaired) electrons. The summed E-state index contributed by atoms with van der Waals surface area (Å²) in [4.78, 5) is 22.1. The Morgan fingerprint density at radius 2 is 1.95 bits per heavy atom. The van der Waals surface area contributed by atoms with Gasteiger partial charge in [0.15, 0.2) is 5.78 Å². The summed E-state index contributed by atoms with van der Waals surface area (Å²) in [5.74, 6) is -1.22. The molecule has 1 aliphatic carbocycles. The number of alkyl halides is 1. The van der Waals surface area contributed by atoms with E-state index in [1.54, 1.807) is 30.3 Å². The average molecular weight is 316 g/mol. The van der Waals surface area contributed by atoms with Crippen LogP contribution in [0, 0.1) is 5.92 Å². The molecule has 98 valence electrons. The molecule has 2 unspecified atom stereocenters. The van der Waals surface area contributed by atoms with Crippen molar-refractivity contribution in [2.75, 3.05) is 0 Å². The molecule has 0 spiro atoms. The lowest BCUT2D eigenvalue weighted by molar-refractivity contribution is -0.110. The van der Waals surface area contributed by atoms with Crippen LogP contribution in [0.4, 0.5) is 0 Å². The summed E-state index contributed by atoms with van der Waals surface area (Å²) in [6.07, 6.45) is 5.05. The molecule has 2 rings (SSSR count). The summed E-state index contributed by atoms with van der Waals surface area (Å²) in [5.41, 5.74) is 0.266. The van der Waals surface area contributed by atoms with Crippen molar-refractivity contribution in [3.05, 3.63) is 58.1 Å². The third-order valence-electron chi connectivity index (χ3n) is 2.91. The highest BCUT2D eigenvalue weighted by Crippen LogP contribution is 2.37. The monoisotopic (exact) mass is 314 g/mol. The number of carbonyl (C=O) groups is 2. The fourth-order valence-corrected chi connectivity index (χ4v) is 2.76. The Labute approximate surface area is 125 Å². The first-order valence-electron chi connectivity index (χ1n) is 5.49. The number of benzene rings is 1. The second kappa shape index (κ2) is 5.49. The Morgan fingerprint density at radius 1 is 1.26 bits per heavy atom. The van der Waals surface area contributed by atoms with E-state index >= 15 is 0 Å². The Bertz CT molecular complexity index is 592. The number of Topliss-reactive ketones (excluding diaryl/α,β-unsaturated/α-hetero) is 1. The largest absolute Gasteiger partial charge is 0.303 e. The molecule has 0 fully saturated rings. The predicted molar refractivity (Wildman–Crippen MR) is 77.0 cm³/mol. The zero-order valence-corrected chi connectivity index (χ0v) is 11.9. The highest BCUT2D eigenvalue weighted by Gasteiger charge is 2.43. The van der Waals surface area contributed by atoms with E-state index in [9.17, 15) is 9.59 Å². The summed E-state index contributed by atoms with van der Waals surface area (Å²) in [6, 6.07) is 6.55. The standard InChI is InChI=1S/C14H9Cl3O2/c15-10-6-5-9(8-18)14(17,7-10)13(19)11-3-1-2-4-12(11)16/h1-9H. The second-order valence-corrected chi connectivity index (χ2v) is 5.60. The molecule has 5 heteroatoms. The van der Waals surface area contributed by atoms with Gasteiger partial charge in [0, 0.05) is 10.6 Å². The van der Waals surface area contributed by atoms with Crippen LogP contribution < -0.4 is 0 Å². The summed E-state index contributed by atoms with van der Waals surface area (Å²) in [5, 5.41) is 0.602. The molecule has 1 aromatic rings. The van der Waals surface area contributed by atoms with E-state index in [1.165, 1.54) is 12.2 Å². The van der Waals surface area contributed by atoms with Crippen molar-refractivity contribution in [2.24, 2.45) is 5.92 Å². The molecule has 0 N–H and O–H groups in total. The molecule has 2 nitrogen and oxygen atoms in total. The number of carbonyl (C=O) groups excluding carboxylic acids is 2. The summed E-state index contributed by atoms with van der Waals surface area (Å²) in [6.45, 7) is 0. The van der Waals surface area contributed by atoms with Gasteiger partial charge in [0.05, 0.1) is 10.9 Å². The minimum atomic E-state index is -1.53. The molecule has 19 heavy (non-hydrogen) atoms. The van der Waals surface area contributed by atoms with Crippen LogP contribution in [0.5, 0.6) is 0 Å². The van der Waals surface area contributed by atoms with E-state index in [0.29, 0.717) is 11.3 Å². The highest BCUT2D eigenvalue weighted by atomic mass is 35.5. The number of hydrogen-bond acceptors (Lipinski definition) is 2. The fourth-order valence-electron chi connectivity index (χ4n) is 1.89. The van der Waals surface area contributed by atoms with Crippen LogP contribution in [0.2, 0.25) is 5.02 Å². The van der Waals surface area contributed by atoms with Gasteiger partial charge in [0.1, 0.15) is 11.2 Å². The maximum Gasteiger partial charge on any atom is 0.190 e. The minimum absolute atomic E-state index is 0.266. The van der Waals surface area contributed by atoms with E-state index in [4.69, 9.17) is 34.8 Å². The first-order chi connectivity index (χ1) is 8.99. The Hall–Kier alpha value is -1.09. The smallest absolute Gasteiger partial charge is 0.190 e. The predicted octanol–water partition coefficient (Wildman–Crippen LogP) is 4.01. The van der Waals surface area contributed by atoms with Gasteiger partial charge in [0.25, 0.3) is 0 Å². The Morgan fingerprint density at radius 3 is 2.58 bits per heavy atom. The van der Waals surface area contributed by atoms with Gasteiger partial charge in [-0.2, -0.15) is 0 Å². The van der Waals surface area contributed by atoms with Crippen LogP contribution in [-0.4, -0.2) is 16.9 Å². The average Bonchev–Trinajstić information content (AvgIpc) is 2.38. The number of allylic oxidation sites excluding steroid dienone is 4. The minimum Gasteiger partial charge on any atom is -0.303 e. The van der Waals surface area contributed by atoms with Gasteiger partial charge in [-0.1, -0.05) is 41.4 Å². The van der Waals surface area contributed by atoms with Gasteiger partial charge < -0.3 is 4.79 Å². The molecular formula is C14H9Cl3O2. The number of hydrogen-bond donors (Lipinski definition) is 0. The first kappa shape index (κ1) is 14.3. The lowest BCUT2D eigenvalue weighted by atomic mass is 9.82. The van der Waals surface area contributed by atoms with Gasteiger partial charge >= 0.3 is 0 Å². The van der Waals surface area contributed by atoms with E-state index < -0.39 is 16.6 Å². The van der Waals surface area contributed by atoms with Crippen molar-refractivity contribution >= 4 is 46.9 Å². The molecule has 0 saturated heterocycles. The second-order valence-electron chi connectivity index (χ2n) is 4.13. The molecule has 1 aromatic carbocycles. The summed E-state index contributed by atoms with van der Waals surface area (Å²) in [7, 11) is 0. The van der Waals surface area contributed by atoms with Crippen LogP contribution in [0.3, 0.4) is 0 Å². The van der Waals surface area contributed by atoms with Crippen molar-refractivity contribution in [1.82, 2.24) is 0 Å². The van der Waals surface area contributed by atoms with Crippen molar-refractivity contribution in [2.45, 2.75) is 4.87 Å². The van der Waals surface area contributed by atoms with Gasteiger partial charge in [-0.3, -0.25) is 4.79 Å². The van der Waals surface area contributed by atoms with Gasteiger partial charge in [-0.25, -0.2) is 0 Å². The maximum absolute atomic E-state index is 12.5. The van der Waals surface area contributed by atoms with Gasteiger partial charge in [-0.05, 0) is 24.3 Å². The van der Waals surface area contributed by atoms with Crippen LogP contribution in [-0.2, 0) is 4.79 Å². The van der Waals surface area contributed by atoms with E-state index in [-0.39, 0.29) is 10.6 Å². The molecule has 2 atom stereocenters. The SMILES string of the molecule is O=CC1C=CC(Cl)=CC1(Cl)C(=O)c1ccccc1Cl.